The number of aromatic nitrogens is 5. The molecular weight excluding hydrogens is 500 g/mol. The molecule has 0 amide bonds. The van der Waals surface area contributed by atoms with Crippen LogP contribution in [0.5, 0.6) is 17.4 Å². The molecule has 0 aliphatic heterocycles. The van der Waals surface area contributed by atoms with Crippen LogP contribution in [0.2, 0.25) is 0 Å². The van der Waals surface area contributed by atoms with E-state index in [4.69, 9.17) is 14.2 Å². The Hall–Kier alpha value is -3.97. The quantitative estimate of drug-likeness (QED) is 0.333. The van der Waals surface area contributed by atoms with Crippen LogP contribution in [0, 0.1) is 0 Å². The highest BCUT2D eigenvalue weighted by Gasteiger charge is 2.38. The monoisotopic (exact) mass is 526 g/mol. The molecule has 0 unspecified atom stereocenters. The van der Waals surface area contributed by atoms with Crippen molar-refractivity contribution in [2.45, 2.75) is 31.1 Å². The third-order valence-electron chi connectivity index (χ3n) is 6.00. The third kappa shape index (κ3) is 4.62. The molecule has 3 aromatic heterocycles. The van der Waals surface area contributed by atoms with Crippen molar-refractivity contribution in [1.82, 2.24) is 24.5 Å². The van der Waals surface area contributed by atoms with E-state index in [1.165, 1.54) is 20.4 Å². The summed E-state index contributed by atoms with van der Waals surface area (Å²) in [5, 5.41) is 8.85. The first kappa shape index (κ1) is 24.7. The number of hydrogen-bond acceptors (Lipinski definition) is 10. The van der Waals surface area contributed by atoms with Crippen LogP contribution in [0.4, 0.5) is 5.82 Å². The number of anilines is 1. The summed E-state index contributed by atoms with van der Waals surface area (Å²) < 4.78 is 46.5. The van der Waals surface area contributed by atoms with Gasteiger partial charge in [0.1, 0.15) is 22.9 Å². The molecule has 1 fully saturated rings. The summed E-state index contributed by atoms with van der Waals surface area (Å²) in [6.45, 7) is 2.31. The van der Waals surface area contributed by atoms with Gasteiger partial charge in [0.25, 0.3) is 0 Å². The minimum Gasteiger partial charge on any atom is -0.494 e. The highest BCUT2D eigenvalue weighted by molar-refractivity contribution is 7.93. The van der Waals surface area contributed by atoms with Crippen LogP contribution in [0.15, 0.2) is 42.6 Å². The highest BCUT2D eigenvalue weighted by Crippen LogP contribution is 2.38. The molecule has 13 heteroatoms. The molecule has 37 heavy (non-hydrogen) atoms. The number of para-hydroxylation sites is 1. The van der Waals surface area contributed by atoms with Crippen molar-refractivity contribution in [3.05, 3.63) is 42.6 Å². The molecule has 0 spiro atoms. The van der Waals surface area contributed by atoms with Crippen LogP contribution in [0.3, 0.4) is 0 Å². The smallest absolute Gasteiger partial charge is 0.237 e. The molecule has 2 N–H and O–H groups in total. The first-order valence-electron chi connectivity index (χ1n) is 11.6. The summed E-state index contributed by atoms with van der Waals surface area (Å²) in [7, 11) is -0.697. The van der Waals surface area contributed by atoms with Crippen LogP contribution in [-0.4, -0.2) is 70.2 Å². The number of ether oxygens (including phenoxy) is 3. The normalized spacial score (nSPS) is 17.3. The van der Waals surface area contributed by atoms with Crippen molar-refractivity contribution in [2.75, 3.05) is 25.5 Å². The number of nitrogens with one attached hydrogen (secondary N) is 1. The lowest BCUT2D eigenvalue weighted by molar-refractivity contribution is 0.0979. The second-order valence-electron chi connectivity index (χ2n) is 8.37. The van der Waals surface area contributed by atoms with Crippen LogP contribution in [0.1, 0.15) is 19.8 Å². The Morgan fingerprint density at radius 2 is 1.76 bits per heavy atom. The number of aliphatic hydroxyl groups excluding tert-OH is 1. The summed E-state index contributed by atoms with van der Waals surface area (Å²) in [6.07, 6.45) is 1.04. The highest BCUT2D eigenvalue weighted by atomic mass is 32.2. The number of fused-ring (bicyclic) bond motifs is 1. The van der Waals surface area contributed by atoms with Crippen molar-refractivity contribution in [1.29, 1.82) is 0 Å². The largest absolute Gasteiger partial charge is 0.494 e. The fraction of sp³-hybridized carbons (Fsp3) is 0.333. The zero-order valence-corrected chi connectivity index (χ0v) is 21.3. The molecule has 1 aromatic carbocycles. The number of imidazole rings is 1. The maximum absolute atomic E-state index is 12.8. The van der Waals surface area contributed by atoms with Crippen molar-refractivity contribution in [3.8, 4) is 34.6 Å². The summed E-state index contributed by atoms with van der Waals surface area (Å²) >= 11 is 0. The van der Waals surface area contributed by atoms with E-state index in [9.17, 15) is 13.5 Å². The second kappa shape index (κ2) is 9.82. The number of sulfonamides is 1. The van der Waals surface area contributed by atoms with Crippen molar-refractivity contribution in [3.63, 3.8) is 0 Å². The predicted molar refractivity (Wildman–Crippen MR) is 136 cm³/mol. The number of benzene rings is 1. The van der Waals surface area contributed by atoms with Crippen LogP contribution in [0.25, 0.3) is 28.5 Å². The lowest BCUT2D eigenvalue weighted by Gasteiger charge is -2.30. The Kier molecular flexibility index (Phi) is 6.56. The van der Waals surface area contributed by atoms with Crippen molar-refractivity contribution >= 4 is 27.1 Å². The Bertz CT molecular complexity index is 1530. The predicted octanol–water partition coefficient (Wildman–Crippen LogP) is 2.56. The van der Waals surface area contributed by atoms with Gasteiger partial charge in [-0.05, 0) is 38.0 Å². The number of hydrogen-bond donors (Lipinski definition) is 2. The van der Waals surface area contributed by atoms with Gasteiger partial charge in [-0.1, -0.05) is 12.1 Å². The van der Waals surface area contributed by atoms with Crippen molar-refractivity contribution in [2.24, 2.45) is 0 Å². The Labute approximate surface area is 213 Å². The molecule has 0 radical (unpaired) electrons. The number of nitrogens with zero attached hydrogens (tertiary/aromatic N) is 5. The van der Waals surface area contributed by atoms with Gasteiger partial charge in [0.05, 0.1) is 38.4 Å². The number of rotatable bonds is 9. The molecule has 1 saturated carbocycles. The topological polar surface area (TPSA) is 151 Å². The molecule has 3 heterocycles. The van der Waals surface area contributed by atoms with E-state index >= 15 is 0 Å². The van der Waals surface area contributed by atoms with Crippen LogP contribution >= 0.6 is 0 Å². The van der Waals surface area contributed by atoms with E-state index in [0.717, 1.165) is 0 Å². The zero-order chi connectivity index (χ0) is 26.2. The second-order valence-corrected chi connectivity index (χ2v) is 10.3. The minimum atomic E-state index is -3.76. The summed E-state index contributed by atoms with van der Waals surface area (Å²) in [5.41, 5.74) is 1.48. The summed E-state index contributed by atoms with van der Waals surface area (Å²) in [6, 6.07) is 10.6. The first-order chi connectivity index (χ1) is 17.8. The van der Waals surface area contributed by atoms with Gasteiger partial charge in [-0.3, -0.25) is 9.29 Å². The summed E-state index contributed by atoms with van der Waals surface area (Å²) in [4.78, 5) is 18.2. The van der Waals surface area contributed by atoms with Gasteiger partial charge in [-0.25, -0.2) is 28.4 Å². The maximum Gasteiger partial charge on any atom is 0.237 e. The average Bonchev–Trinajstić information content (AvgIpc) is 3.24. The van der Waals surface area contributed by atoms with E-state index in [0.29, 0.717) is 41.2 Å². The van der Waals surface area contributed by atoms with Gasteiger partial charge < -0.3 is 19.3 Å². The van der Waals surface area contributed by atoms with E-state index in [2.05, 4.69) is 24.7 Å². The summed E-state index contributed by atoms with van der Waals surface area (Å²) in [5.74, 6) is 1.75. The van der Waals surface area contributed by atoms with E-state index in [1.54, 1.807) is 41.0 Å². The van der Waals surface area contributed by atoms with Gasteiger partial charge in [-0.2, -0.15) is 0 Å². The Morgan fingerprint density at radius 1 is 1.05 bits per heavy atom. The minimum absolute atomic E-state index is 0.0199. The van der Waals surface area contributed by atoms with Crippen LogP contribution < -0.4 is 18.9 Å². The molecule has 1 aliphatic rings. The average molecular weight is 527 g/mol. The molecule has 0 bridgehead atoms. The lowest BCUT2D eigenvalue weighted by atomic mass is 9.96. The van der Waals surface area contributed by atoms with Gasteiger partial charge >= 0.3 is 0 Å². The van der Waals surface area contributed by atoms with E-state index in [-0.39, 0.29) is 30.0 Å². The van der Waals surface area contributed by atoms with Crippen LogP contribution in [-0.2, 0) is 10.0 Å². The molecule has 0 saturated heterocycles. The zero-order valence-electron chi connectivity index (χ0n) is 20.5. The molecule has 4 aromatic rings. The number of pyridine rings is 1. The molecule has 194 valence electrons. The van der Waals surface area contributed by atoms with Gasteiger partial charge in [0.2, 0.25) is 15.9 Å². The third-order valence-corrected chi connectivity index (χ3v) is 7.75. The number of methoxy groups -OCH3 is 2. The molecule has 5 rings (SSSR count). The fourth-order valence-corrected chi connectivity index (χ4v) is 5.63. The van der Waals surface area contributed by atoms with Gasteiger partial charge in [0, 0.05) is 6.07 Å². The van der Waals surface area contributed by atoms with Gasteiger partial charge in [-0.15, -0.1) is 0 Å². The number of aliphatic hydroxyl groups is 1. The molecular formula is C24H26N6O6S. The fourth-order valence-electron chi connectivity index (χ4n) is 4.13. The van der Waals surface area contributed by atoms with Crippen molar-refractivity contribution < 1.29 is 27.7 Å². The lowest BCUT2D eigenvalue weighted by Crippen LogP contribution is -2.42. The van der Waals surface area contributed by atoms with E-state index < -0.39 is 21.4 Å². The van der Waals surface area contributed by atoms with E-state index in [1.807, 2.05) is 6.92 Å². The first-order valence-corrected chi connectivity index (χ1v) is 13.2. The molecule has 12 nitrogen and oxygen atoms in total. The standard InChI is InChI=1S/C24H26N6O6S/c1-4-36-20-10-5-7-16(26-20)23-28-22-24(30(23)21-17(34-2)8-6-9-18(21)35-3)27-19(13-25-22)29-37(32,33)15-11-14(31)12-15/h5-10,13-15,31H,4,11-12H2,1-3H3,(H,27,29)/t14-,15+. The Balaban J connectivity index is 1.72. The molecule has 1 aliphatic carbocycles. The molecule has 0 atom stereocenters. The Morgan fingerprint density at radius 3 is 2.41 bits per heavy atom. The maximum atomic E-state index is 12.8. The SMILES string of the molecule is CCOc1cccc(-c2nc3ncc(NS(=O)(=O)[C@H]4C[C@@H](O)C4)nc3n2-c2c(OC)cccc2OC)n1. The van der Waals surface area contributed by atoms with Gasteiger partial charge in [0.15, 0.2) is 22.9 Å².